The number of anilines is 1. The molecule has 0 aliphatic carbocycles. The van der Waals surface area contributed by atoms with Crippen LogP contribution >= 0.6 is 0 Å². The highest BCUT2D eigenvalue weighted by Gasteiger charge is 2.33. The van der Waals surface area contributed by atoms with Crippen LogP contribution in [-0.2, 0) is 24.5 Å². The van der Waals surface area contributed by atoms with E-state index in [0.717, 1.165) is 5.39 Å². The Bertz CT molecular complexity index is 1080. The zero-order valence-electron chi connectivity index (χ0n) is 15.1. The Morgan fingerprint density at radius 2 is 1.93 bits per heavy atom. The zero-order chi connectivity index (χ0) is 21.2. The Balaban J connectivity index is 0.000000500. The summed E-state index contributed by atoms with van der Waals surface area (Å²) >= 11 is 0. The van der Waals surface area contributed by atoms with Gasteiger partial charge < -0.3 is 10.3 Å². The number of hydrogen-bond acceptors (Lipinski definition) is 7. The number of nitrogens with two attached hydrogens (primary N) is 1. The minimum atomic E-state index is -3.67. The average Bonchev–Trinajstić information content (AvgIpc) is 2.85. The highest BCUT2D eigenvalue weighted by molar-refractivity contribution is 7.85. The molecule has 2 amide bonds. The molecule has 0 radical (unpaired) electrons. The van der Waals surface area contributed by atoms with Crippen LogP contribution in [0.1, 0.15) is 35.1 Å². The van der Waals surface area contributed by atoms with Gasteiger partial charge in [-0.15, -0.1) is 0 Å². The number of nitrogen functional groups attached to an aromatic ring is 1. The molecule has 4 N–H and O–H groups in total. The number of nitrogens with zero attached hydrogens (tertiary/aromatic N) is 1. The second-order valence-electron chi connectivity index (χ2n) is 6.29. The van der Waals surface area contributed by atoms with Crippen molar-refractivity contribution in [3.8, 4) is 0 Å². The quantitative estimate of drug-likeness (QED) is 0.163. The van der Waals surface area contributed by atoms with E-state index >= 15 is 0 Å². The standard InChI is InChI=1S/C16H15N3O4.CH4O3S/c1-8-10-3-2-9(17)6-11(10)15(13(21)7-20)19(8)12-4-5-14(22)18-16(12)23;1-5(2,3)4/h2-3,6-7,12H,4-5,17H2,1H3,(H,18,22,23);1H3,(H,2,3,4). The van der Waals surface area contributed by atoms with Gasteiger partial charge in [-0.05, 0) is 25.5 Å². The topological polar surface area (TPSA) is 166 Å². The van der Waals surface area contributed by atoms with Gasteiger partial charge in [0.25, 0.3) is 10.1 Å². The van der Waals surface area contributed by atoms with E-state index in [4.69, 9.17) is 10.3 Å². The molecule has 28 heavy (non-hydrogen) atoms. The number of fused-ring (bicyclic) bond motifs is 1. The van der Waals surface area contributed by atoms with Gasteiger partial charge >= 0.3 is 0 Å². The van der Waals surface area contributed by atoms with Crippen molar-refractivity contribution in [3.63, 3.8) is 0 Å². The summed E-state index contributed by atoms with van der Waals surface area (Å²) in [6, 6.07) is 4.35. The number of rotatable bonds is 3. The molecule has 3 rings (SSSR count). The minimum Gasteiger partial charge on any atom is -0.399 e. The molecule has 0 bridgehead atoms. The van der Waals surface area contributed by atoms with Gasteiger partial charge in [0.2, 0.25) is 17.6 Å². The van der Waals surface area contributed by atoms with E-state index in [1.165, 1.54) is 0 Å². The number of aryl methyl sites for hydroxylation is 1. The lowest BCUT2D eigenvalue weighted by Gasteiger charge is -2.25. The summed E-state index contributed by atoms with van der Waals surface area (Å²) in [5.74, 6) is -1.54. The van der Waals surface area contributed by atoms with Crippen LogP contribution in [0.4, 0.5) is 5.69 Å². The molecule has 1 unspecified atom stereocenters. The van der Waals surface area contributed by atoms with E-state index in [2.05, 4.69) is 5.32 Å². The number of carbonyl (C=O) groups is 4. The van der Waals surface area contributed by atoms with Crippen LogP contribution in [0.25, 0.3) is 10.8 Å². The van der Waals surface area contributed by atoms with E-state index in [0.29, 0.717) is 23.0 Å². The maximum atomic E-state index is 12.2. The van der Waals surface area contributed by atoms with Crippen molar-refractivity contribution >= 4 is 50.5 Å². The number of Topliss-reactive ketones (excluding diaryl/α,β-unsaturated/α-hetero) is 1. The predicted molar refractivity (Wildman–Crippen MR) is 100 cm³/mol. The van der Waals surface area contributed by atoms with E-state index < -0.39 is 27.9 Å². The second kappa shape index (κ2) is 7.90. The summed E-state index contributed by atoms with van der Waals surface area (Å²) in [4.78, 5) is 46.8. The molecule has 2 aromatic rings. The Morgan fingerprint density at radius 1 is 1.32 bits per heavy atom. The number of aromatic nitrogens is 1. The summed E-state index contributed by atoms with van der Waals surface area (Å²) in [5.41, 5.74) is 7.06. The van der Waals surface area contributed by atoms with Crippen LogP contribution in [-0.4, -0.2) is 47.7 Å². The number of imide groups is 1. The van der Waals surface area contributed by atoms with Crippen LogP contribution in [0.15, 0.2) is 18.2 Å². The number of amides is 2. The lowest BCUT2D eigenvalue weighted by molar-refractivity contribution is -0.135. The third kappa shape index (κ3) is 4.61. The first kappa shape index (κ1) is 21.3. The number of aldehydes is 1. The van der Waals surface area contributed by atoms with Gasteiger partial charge in [-0.2, -0.15) is 8.42 Å². The van der Waals surface area contributed by atoms with E-state index in [1.807, 2.05) is 0 Å². The molecule has 150 valence electrons. The van der Waals surface area contributed by atoms with Crippen LogP contribution in [0.5, 0.6) is 0 Å². The second-order valence-corrected chi connectivity index (χ2v) is 7.76. The molecule has 1 saturated heterocycles. The molecule has 1 aromatic carbocycles. The Hall–Kier alpha value is -3.05. The first-order valence-electron chi connectivity index (χ1n) is 8.09. The summed E-state index contributed by atoms with van der Waals surface area (Å²) in [7, 11) is -3.67. The lowest BCUT2D eigenvalue weighted by atomic mass is 10.0. The fourth-order valence-electron chi connectivity index (χ4n) is 3.13. The maximum absolute atomic E-state index is 12.2. The van der Waals surface area contributed by atoms with Crippen molar-refractivity contribution in [3.05, 3.63) is 29.6 Å². The molecule has 10 nitrogen and oxygen atoms in total. The number of benzene rings is 1. The van der Waals surface area contributed by atoms with Crippen LogP contribution in [0, 0.1) is 6.92 Å². The van der Waals surface area contributed by atoms with Crippen LogP contribution in [0.3, 0.4) is 0 Å². The number of nitrogens with one attached hydrogen (secondary N) is 1. The first-order chi connectivity index (χ1) is 12.9. The molecule has 1 aliphatic heterocycles. The zero-order valence-corrected chi connectivity index (χ0v) is 15.9. The molecular weight excluding hydrogens is 390 g/mol. The third-order valence-electron chi connectivity index (χ3n) is 4.15. The molecule has 1 fully saturated rings. The normalized spacial score (nSPS) is 16.9. The van der Waals surface area contributed by atoms with Crippen molar-refractivity contribution in [2.24, 2.45) is 0 Å². The average molecular weight is 409 g/mol. The van der Waals surface area contributed by atoms with Crippen LogP contribution < -0.4 is 11.1 Å². The maximum Gasteiger partial charge on any atom is 0.261 e. The summed E-state index contributed by atoms with van der Waals surface area (Å²) in [6.07, 6.45) is 1.40. The number of piperidine rings is 1. The monoisotopic (exact) mass is 409 g/mol. The Kier molecular flexibility index (Phi) is 6.00. The predicted octanol–water partition coefficient (Wildman–Crippen LogP) is 0.395. The fourth-order valence-corrected chi connectivity index (χ4v) is 3.13. The largest absolute Gasteiger partial charge is 0.399 e. The van der Waals surface area contributed by atoms with Gasteiger partial charge in [0.1, 0.15) is 11.7 Å². The fraction of sp³-hybridized carbons (Fsp3) is 0.294. The van der Waals surface area contributed by atoms with E-state index in [-0.39, 0.29) is 30.7 Å². The van der Waals surface area contributed by atoms with Crippen molar-refractivity contribution in [2.45, 2.75) is 25.8 Å². The van der Waals surface area contributed by atoms with Gasteiger partial charge in [-0.25, -0.2) is 0 Å². The minimum absolute atomic E-state index is 0.134. The SMILES string of the molecule is CS(=O)(=O)O.Cc1c2ccc(N)cc2c(C(=O)C=O)n1C1CCC(=O)NC1=O. The molecule has 11 heteroatoms. The van der Waals surface area contributed by atoms with Gasteiger partial charge in [-0.1, -0.05) is 6.07 Å². The molecule has 1 aromatic heterocycles. The summed E-state index contributed by atoms with van der Waals surface area (Å²) in [5, 5.41) is 3.55. The lowest BCUT2D eigenvalue weighted by Crippen LogP contribution is -2.42. The smallest absolute Gasteiger partial charge is 0.261 e. The Morgan fingerprint density at radius 3 is 2.46 bits per heavy atom. The number of carbonyl (C=O) groups excluding carboxylic acids is 4. The summed E-state index contributed by atoms with van der Waals surface area (Å²) < 4.78 is 27.4. The van der Waals surface area contributed by atoms with Crippen molar-refractivity contribution in [1.29, 1.82) is 0 Å². The molecule has 1 atom stereocenters. The molecule has 1 aliphatic rings. The highest BCUT2D eigenvalue weighted by Crippen LogP contribution is 2.33. The van der Waals surface area contributed by atoms with Crippen LogP contribution in [0.2, 0.25) is 0 Å². The van der Waals surface area contributed by atoms with E-state index in [9.17, 15) is 27.6 Å². The van der Waals surface area contributed by atoms with E-state index in [1.54, 1.807) is 29.7 Å². The number of ketones is 1. The molecule has 0 spiro atoms. The molecule has 2 heterocycles. The van der Waals surface area contributed by atoms with Gasteiger partial charge in [0, 0.05) is 28.6 Å². The van der Waals surface area contributed by atoms with Crippen molar-refractivity contribution in [2.75, 3.05) is 12.0 Å². The highest BCUT2D eigenvalue weighted by atomic mass is 32.2. The Labute approximate surface area is 160 Å². The molecule has 0 saturated carbocycles. The van der Waals surface area contributed by atoms with Gasteiger partial charge in [0.05, 0.1) is 6.26 Å². The third-order valence-corrected chi connectivity index (χ3v) is 4.15. The van der Waals surface area contributed by atoms with Gasteiger partial charge in [-0.3, -0.25) is 29.0 Å². The summed E-state index contributed by atoms with van der Waals surface area (Å²) in [6.45, 7) is 1.77. The van der Waals surface area contributed by atoms with Gasteiger partial charge in [0.15, 0.2) is 6.29 Å². The van der Waals surface area contributed by atoms with Crippen molar-refractivity contribution < 1.29 is 32.1 Å². The molecular formula is C17H19N3O7S. The van der Waals surface area contributed by atoms with Crippen molar-refractivity contribution in [1.82, 2.24) is 9.88 Å². The number of hydrogen-bond donors (Lipinski definition) is 3. The first-order valence-corrected chi connectivity index (χ1v) is 9.94.